The van der Waals surface area contributed by atoms with Gasteiger partial charge in [0.1, 0.15) is 18.2 Å². The van der Waals surface area contributed by atoms with Crippen LogP contribution in [0.25, 0.3) is 5.69 Å². The smallest absolute Gasteiger partial charge is 0.236 e. The third-order valence-electron chi connectivity index (χ3n) is 4.99. The zero-order valence-corrected chi connectivity index (χ0v) is 20.5. The monoisotopic (exact) mass is 476 g/mol. The quantitative estimate of drug-likeness (QED) is 0.351. The van der Waals surface area contributed by atoms with Crippen molar-refractivity contribution in [1.82, 2.24) is 25.0 Å². The van der Waals surface area contributed by atoms with Gasteiger partial charge in [0.25, 0.3) is 0 Å². The van der Waals surface area contributed by atoms with Crippen LogP contribution in [0.5, 0.6) is 5.75 Å². The molecule has 2 heterocycles. The molecule has 2 aromatic heterocycles. The number of carbonyl (C=O) groups excluding carboxylic acids is 1. The average molecular weight is 477 g/mol. The molecule has 0 radical (unpaired) electrons. The summed E-state index contributed by atoms with van der Waals surface area (Å²) in [6.45, 7) is 8.58. The number of benzene rings is 2. The highest BCUT2D eigenvalue weighted by molar-refractivity contribution is 7.99. The number of aromatic amines is 1. The predicted molar refractivity (Wildman–Crippen MR) is 134 cm³/mol. The van der Waals surface area contributed by atoms with E-state index in [9.17, 15) is 4.79 Å². The maximum atomic E-state index is 12.7. The number of H-pyrrole nitrogens is 1. The fourth-order valence-electron chi connectivity index (χ4n) is 3.10. The van der Waals surface area contributed by atoms with Gasteiger partial charge < -0.3 is 10.1 Å². The molecule has 8 nitrogen and oxygen atoms in total. The van der Waals surface area contributed by atoms with Crippen molar-refractivity contribution in [2.75, 3.05) is 11.1 Å². The number of hydrogen-bond donors (Lipinski definition) is 2. The van der Waals surface area contributed by atoms with E-state index in [4.69, 9.17) is 9.84 Å². The van der Waals surface area contributed by atoms with Gasteiger partial charge in [0, 0.05) is 11.5 Å². The molecule has 4 rings (SSSR count). The SMILES string of the molecule is Cc1ccc(OCc2nc(SCC(=O)Nc3cc(C(C)(C)C)nn3-c3ccccc3)n[nH]2)cc1. The molecule has 0 bridgehead atoms. The second-order valence-electron chi connectivity index (χ2n) is 8.92. The Kier molecular flexibility index (Phi) is 7.02. The van der Waals surface area contributed by atoms with Crippen molar-refractivity contribution in [1.29, 1.82) is 0 Å². The minimum Gasteiger partial charge on any atom is -0.486 e. The number of rotatable bonds is 8. The Bertz CT molecular complexity index is 1240. The average Bonchev–Trinajstić information content (AvgIpc) is 3.45. The van der Waals surface area contributed by atoms with Crippen molar-refractivity contribution in [3.05, 3.63) is 77.7 Å². The first kappa shape index (κ1) is 23.6. The van der Waals surface area contributed by atoms with Crippen LogP contribution in [0.4, 0.5) is 5.82 Å². The number of para-hydroxylation sites is 1. The molecule has 176 valence electrons. The number of ether oxygens (including phenoxy) is 1. The third kappa shape index (κ3) is 6.05. The largest absolute Gasteiger partial charge is 0.486 e. The van der Waals surface area contributed by atoms with E-state index in [0.717, 1.165) is 17.1 Å². The number of anilines is 1. The van der Waals surface area contributed by atoms with E-state index >= 15 is 0 Å². The van der Waals surface area contributed by atoms with Crippen LogP contribution in [0, 0.1) is 6.92 Å². The number of nitrogens with zero attached hydrogens (tertiary/aromatic N) is 4. The van der Waals surface area contributed by atoms with Crippen LogP contribution in [0.1, 0.15) is 37.9 Å². The molecule has 0 spiro atoms. The minimum atomic E-state index is -0.162. The molecule has 1 amide bonds. The van der Waals surface area contributed by atoms with Crippen LogP contribution < -0.4 is 10.1 Å². The molecule has 0 unspecified atom stereocenters. The number of aryl methyl sites for hydroxylation is 1. The number of aromatic nitrogens is 5. The van der Waals surface area contributed by atoms with E-state index in [0.29, 0.717) is 16.8 Å². The standard InChI is InChI=1S/C25H28N6O2S/c1-17-10-12-19(13-11-17)33-15-21-26-24(29-28-21)34-16-23(32)27-22-14-20(25(2,3)4)30-31(22)18-8-6-5-7-9-18/h5-14H,15-16H2,1-4H3,(H,27,32)(H,26,28,29). The van der Waals surface area contributed by atoms with Crippen molar-refractivity contribution < 1.29 is 9.53 Å². The molecule has 2 N–H and O–H groups in total. The highest BCUT2D eigenvalue weighted by Crippen LogP contribution is 2.26. The normalized spacial score (nSPS) is 11.4. The van der Waals surface area contributed by atoms with Crippen molar-refractivity contribution in [2.45, 2.75) is 44.9 Å². The lowest BCUT2D eigenvalue weighted by molar-refractivity contribution is -0.113. The molecule has 0 aliphatic carbocycles. The molecule has 0 saturated heterocycles. The molecular weight excluding hydrogens is 448 g/mol. The third-order valence-corrected chi connectivity index (χ3v) is 5.83. The van der Waals surface area contributed by atoms with Crippen molar-refractivity contribution in [2.24, 2.45) is 0 Å². The van der Waals surface area contributed by atoms with E-state index < -0.39 is 0 Å². The Balaban J connectivity index is 1.36. The summed E-state index contributed by atoms with van der Waals surface area (Å²) >= 11 is 1.26. The summed E-state index contributed by atoms with van der Waals surface area (Å²) < 4.78 is 7.48. The number of nitrogens with one attached hydrogen (secondary N) is 2. The highest BCUT2D eigenvalue weighted by atomic mass is 32.2. The zero-order valence-electron chi connectivity index (χ0n) is 19.7. The van der Waals surface area contributed by atoms with Crippen LogP contribution >= 0.6 is 11.8 Å². The van der Waals surface area contributed by atoms with Crippen molar-refractivity contribution in [3.63, 3.8) is 0 Å². The van der Waals surface area contributed by atoms with Gasteiger partial charge in [-0.25, -0.2) is 9.67 Å². The molecule has 0 saturated carbocycles. The second-order valence-corrected chi connectivity index (χ2v) is 9.86. The molecular formula is C25H28N6O2S. The van der Waals surface area contributed by atoms with Gasteiger partial charge in [-0.2, -0.15) is 5.10 Å². The fraction of sp³-hybridized carbons (Fsp3) is 0.280. The van der Waals surface area contributed by atoms with Gasteiger partial charge in [-0.05, 0) is 31.2 Å². The lowest BCUT2D eigenvalue weighted by Crippen LogP contribution is -2.17. The van der Waals surface area contributed by atoms with Gasteiger partial charge in [-0.3, -0.25) is 9.89 Å². The van der Waals surface area contributed by atoms with Gasteiger partial charge in [0.05, 0.1) is 17.1 Å². The number of amides is 1. The molecule has 0 aliphatic heterocycles. The summed E-state index contributed by atoms with van der Waals surface area (Å²) in [5.41, 5.74) is 2.80. The number of thioether (sulfide) groups is 1. The van der Waals surface area contributed by atoms with Crippen LogP contribution in [0.3, 0.4) is 0 Å². The molecule has 34 heavy (non-hydrogen) atoms. The lowest BCUT2D eigenvalue weighted by atomic mass is 9.92. The molecule has 4 aromatic rings. The van der Waals surface area contributed by atoms with Crippen molar-refractivity contribution in [3.8, 4) is 11.4 Å². The van der Waals surface area contributed by atoms with Crippen molar-refractivity contribution >= 4 is 23.5 Å². The number of carbonyl (C=O) groups is 1. The van der Waals surface area contributed by atoms with E-state index in [-0.39, 0.29) is 23.7 Å². The van der Waals surface area contributed by atoms with Gasteiger partial charge in [0.2, 0.25) is 11.1 Å². The maximum absolute atomic E-state index is 12.7. The van der Waals surface area contributed by atoms with E-state index in [1.807, 2.05) is 67.6 Å². The Morgan fingerprint density at radius 1 is 1.12 bits per heavy atom. The molecule has 2 aromatic carbocycles. The Hall–Kier alpha value is -3.59. The first-order valence-corrected chi connectivity index (χ1v) is 12.0. The van der Waals surface area contributed by atoms with Gasteiger partial charge in [-0.15, -0.1) is 5.10 Å². The second kappa shape index (κ2) is 10.1. The molecule has 0 atom stereocenters. The molecule has 9 heteroatoms. The van der Waals surface area contributed by atoms with E-state index in [1.54, 1.807) is 4.68 Å². The van der Waals surface area contributed by atoms with Gasteiger partial charge in [0.15, 0.2) is 5.82 Å². The summed E-state index contributed by atoms with van der Waals surface area (Å²) in [6, 6.07) is 19.5. The fourth-order valence-corrected chi connectivity index (χ4v) is 3.72. The maximum Gasteiger partial charge on any atom is 0.236 e. The Morgan fingerprint density at radius 3 is 2.56 bits per heavy atom. The first-order valence-electron chi connectivity index (χ1n) is 11.0. The van der Waals surface area contributed by atoms with Crippen LogP contribution in [-0.2, 0) is 16.8 Å². The van der Waals surface area contributed by atoms with Crippen LogP contribution in [0.2, 0.25) is 0 Å². The van der Waals surface area contributed by atoms with Gasteiger partial charge >= 0.3 is 0 Å². The van der Waals surface area contributed by atoms with E-state index in [2.05, 4.69) is 41.3 Å². The van der Waals surface area contributed by atoms with Crippen LogP contribution in [-0.4, -0.2) is 36.6 Å². The summed E-state index contributed by atoms with van der Waals surface area (Å²) in [7, 11) is 0. The lowest BCUT2D eigenvalue weighted by Gasteiger charge is -2.14. The Labute approximate surface area is 203 Å². The highest BCUT2D eigenvalue weighted by Gasteiger charge is 2.21. The predicted octanol–water partition coefficient (Wildman–Crippen LogP) is 4.91. The summed E-state index contributed by atoms with van der Waals surface area (Å²) in [6.07, 6.45) is 0. The summed E-state index contributed by atoms with van der Waals surface area (Å²) in [5.74, 6) is 2.00. The first-order chi connectivity index (χ1) is 16.3. The minimum absolute atomic E-state index is 0.149. The topological polar surface area (TPSA) is 97.7 Å². The summed E-state index contributed by atoms with van der Waals surface area (Å²) in [4.78, 5) is 17.1. The molecule has 0 aliphatic rings. The number of hydrogen-bond acceptors (Lipinski definition) is 6. The molecule has 0 fully saturated rings. The van der Waals surface area contributed by atoms with Crippen LogP contribution in [0.15, 0.2) is 65.8 Å². The summed E-state index contributed by atoms with van der Waals surface area (Å²) in [5, 5.41) is 15.2. The van der Waals surface area contributed by atoms with Gasteiger partial charge in [-0.1, -0.05) is 68.4 Å². The van der Waals surface area contributed by atoms with E-state index in [1.165, 1.54) is 17.3 Å². The Morgan fingerprint density at radius 2 is 1.85 bits per heavy atom. The zero-order chi connectivity index (χ0) is 24.1.